The molecule has 10 heteroatoms. The van der Waals surface area contributed by atoms with Gasteiger partial charge in [-0.05, 0) is 48.6 Å². The summed E-state index contributed by atoms with van der Waals surface area (Å²) in [5.41, 5.74) is 0.596. The van der Waals surface area contributed by atoms with Crippen LogP contribution in [-0.2, 0) is 11.3 Å². The predicted octanol–water partition coefficient (Wildman–Crippen LogP) is 2.43. The molecule has 0 saturated carbocycles. The van der Waals surface area contributed by atoms with Crippen LogP contribution in [-0.4, -0.2) is 50.8 Å². The first-order valence-electron chi connectivity index (χ1n) is 9.43. The second-order valence-corrected chi connectivity index (χ2v) is 7.68. The highest BCUT2D eigenvalue weighted by molar-refractivity contribution is 7.12. The van der Waals surface area contributed by atoms with Gasteiger partial charge in [0.05, 0.1) is 11.1 Å². The summed E-state index contributed by atoms with van der Waals surface area (Å²) in [5.74, 6) is -0.616. The summed E-state index contributed by atoms with van der Waals surface area (Å²) in [5, 5.41) is 12.2. The number of nitrogens with one attached hydrogen (secondary N) is 1. The Kier molecular flexibility index (Phi) is 5.84. The molecule has 1 N–H and O–H groups in total. The number of carbonyl (C=O) groups is 3. The van der Waals surface area contributed by atoms with Gasteiger partial charge in [-0.15, -0.1) is 16.4 Å². The molecule has 2 amide bonds. The van der Waals surface area contributed by atoms with E-state index in [2.05, 4.69) is 15.6 Å². The summed E-state index contributed by atoms with van der Waals surface area (Å²) in [4.78, 5) is 38.9. The van der Waals surface area contributed by atoms with Gasteiger partial charge in [-0.3, -0.25) is 9.59 Å². The maximum atomic E-state index is 12.3. The lowest BCUT2D eigenvalue weighted by Crippen LogP contribution is -2.31. The summed E-state index contributed by atoms with van der Waals surface area (Å²) in [6.07, 6.45) is 3.42. The quantitative estimate of drug-likeness (QED) is 0.480. The molecule has 9 nitrogen and oxygen atoms in total. The lowest BCUT2D eigenvalue weighted by molar-refractivity contribution is -0.130. The van der Waals surface area contributed by atoms with Gasteiger partial charge in [-0.2, -0.15) is 0 Å². The Morgan fingerprint density at radius 3 is 2.57 bits per heavy atom. The van der Waals surface area contributed by atoms with Crippen LogP contribution in [0.1, 0.15) is 33.0 Å². The molecule has 154 valence electrons. The van der Waals surface area contributed by atoms with Crippen molar-refractivity contribution in [2.24, 2.45) is 0 Å². The molecule has 1 aromatic carbocycles. The topological polar surface area (TPSA) is 106 Å². The number of benzene rings is 1. The highest BCUT2D eigenvalue weighted by atomic mass is 32.1. The average Bonchev–Trinajstić information content (AvgIpc) is 3.51. The van der Waals surface area contributed by atoms with Crippen LogP contribution in [0.25, 0.3) is 0 Å². The van der Waals surface area contributed by atoms with Crippen LogP contribution < -0.4 is 10.1 Å². The van der Waals surface area contributed by atoms with E-state index in [9.17, 15) is 14.4 Å². The van der Waals surface area contributed by atoms with Gasteiger partial charge in [-0.25, -0.2) is 9.48 Å². The Hall–Kier alpha value is -3.53. The SMILES string of the molecule is O=C(Oc1ccc(NC(=O)c2cccs2)cc1)c1cn(CC(=O)N2CCCC2)nn1. The molecular formula is C20H19N5O4S. The fourth-order valence-corrected chi connectivity index (χ4v) is 3.66. The number of thiophene rings is 1. The van der Waals surface area contributed by atoms with Gasteiger partial charge in [0.25, 0.3) is 5.91 Å². The van der Waals surface area contributed by atoms with Crippen molar-refractivity contribution in [1.82, 2.24) is 19.9 Å². The Labute approximate surface area is 176 Å². The minimum atomic E-state index is -0.676. The van der Waals surface area contributed by atoms with E-state index in [1.54, 1.807) is 41.3 Å². The molecule has 1 saturated heterocycles. The number of carbonyl (C=O) groups excluding carboxylic acids is 3. The predicted molar refractivity (Wildman–Crippen MR) is 110 cm³/mol. The number of esters is 1. The third kappa shape index (κ3) is 4.71. The first-order chi connectivity index (χ1) is 14.6. The van der Waals surface area contributed by atoms with Gasteiger partial charge in [0.15, 0.2) is 5.69 Å². The molecule has 0 aliphatic carbocycles. The molecule has 0 unspecified atom stereocenters. The minimum absolute atomic E-state index is 0.0132. The van der Waals surface area contributed by atoms with Gasteiger partial charge in [0.2, 0.25) is 5.91 Å². The van der Waals surface area contributed by atoms with Crippen molar-refractivity contribution in [1.29, 1.82) is 0 Å². The summed E-state index contributed by atoms with van der Waals surface area (Å²) >= 11 is 1.35. The number of anilines is 1. The normalized spacial score (nSPS) is 13.3. The average molecular weight is 425 g/mol. The van der Waals surface area contributed by atoms with Crippen molar-refractivity contribution in [2.45, 2.75) is 19.4 Å². The summed E-state index contributed by atoms with van der Waals surface area (Å²) < 4.78 is 6.62. The zero-order chi connectivity index (χ0) is 20.9. The first kappa shape index (κ1) is 19.8. The standard InChI is InChI=1S/C20H19N5O4S/c26-18(24-9-1-2-10-24)13-25-12-16(22-23-25)20(28)29-15-7-5-14(6-8-15)21-19(27)17-4-3-11-30-17/h3-8,11-12H,1-2,9-10,13H2,(H,21,27). The summed E-state index contributed by atoms with van der Waals surface area (Å²) in [7, 11) is 0. The van der Waals surface area contributed by atoms with E-state index in [1.165, 1.54) is 22.2 Å². The number of hydrogen-bond donors (Lipinski definition) is 1. The molecule has 3 heterocycles. The molecular weight excluding hydrogens is 406 g/mol. The fraction of sp³-hybridized carbons (Fsp3) is 0.250. The van der Waals surface area contributed by atoms with E-state index in [-0.39, 0.29) is 24.1 Å². The third-order valence-electron chi connectivity index (χ3n) is 4.57. The van der Waals surface area contributed by atoms with Crippen LogP contribution in [0.4, 0.5) is 5.69 Å². The molecule has 1 fully saturated rings. The molecule has 0 radical (unpaired) electrons. The highest BCUT2D eigenvalue weighted by Gasteiger charge is 2.20. The molecule has 1 aliphatic heterocycles. The second-order valence-electron chi connectivity index (χ2n) is 6.73. The smallest absolute Gasteiger partial charge is 0.365 e. The maximum Gasteiger partial charge on any atom is 0.365 e. The Bertz CT molecular complexity index is 1040. The van der Waals surface area contributed by atoms with Crippen LogP contribution in [0.2, 0.25) is 0 Å². The lowest BCUT2D eigenvalue weighted by Gasteiger charge is -2.14. The summed E-state index contributed by atoms with van der Waals surface area (Å²) in [6, 6.07) is 9.97. The maximum absolute atomic E-state index is 12.3. The molecule has 0 spiro atoms. The molecule has 0 atom stereocenters. The van der Waals surface area contributed by atoms with Gasteiger partial charge in [-0.1, -0.05) is 11.3 Å². The van der Waals surface area contributed by atoms with Gasteiger partial charge < -0.3 is 15.0 Å². The van der Waals surface area contributed by atoms with Crippen LogP contribution in [0, 0.1) is 0 Å². The van der Waals surface area contributed by atoms with Crippen molar-refractivity contribution in [3.8, 4) is 5.75 Å². The summed E-state index contributed by atoms with van der Waals surface area (Å²) in [6.45, 7) is 1.55. The number of rotatable bonds is 6. The zero-order valence-corrected chi connectivity index (χ0v) is 16.8. The second kappa shape index (κ2) is 8.87. The first-order valence-corrected chi connectivity index (χ1v) is 10.3. The fourth-order valence-electron chi connectivity index (χ4n) is 3.04. The number of hydrogen-bond acceptors (Lipinski definition) is 7. The minimum Gasteiger partial charge on any atom is -0.422 e. The number of ether oxygens (including phenoxy) is 1. The molecule has 2 aromatic heterocycles. The van der Waals surface area contributed by atoms with E-state index in [1.807, 2.05) is 5.38 Å². The Morgan fingerprint density at radius 2 is 1.87 bits per heavy atom. The Morgan fingerprint density at radius 1 is 1.10 bits per heavy atom. The lowest BCUT2D eigenvalue weighted by atomic mass is 10.3. The van der Waals surface area contributed by atoms with Crippen molar-refractivity contribution in [2.75, 3.05) is 18.4 Å². The highest BCUT2D eigenvalue weighted by Crippen LogP contribution is 2.18. The number of aromatic nitrogens is 3. The monoisotopic (exact) mass is 425 g/mol. The molecule has 0 bridgehead atoms. The molecule has 3 aromatic rings. The Balaban J connectivity index is 1.32. The third-order valence-corrected chi connectivity index (χ3v) is 5.44. The van der Waals surface area contributed by atoms with Crippen LogP contribution in [0.15, 0.2) is 48.0 Å². The van der Waals surface area contributed by atoms with E-state index >= 15 is 0 Å². The van der Waals surface area contributed by atoms with Gasteiger partial charge in [0, 0.05) is 18.8 Å². The number of likely N-dealkylation sites (tertiary alicyclic amines) is 1. The van der Waals surface area contributed by atoms with Crippen LogP contribution >= 0.6 is 11.3 Å². The van der Waals surface area contributed by atoms with Crippen molar-refractivity contribution in [3.63, 3.8) is 0 Å². The molecule has 1 aliphatic rings. The van der Waals surface area contributed by atoms with E-state index < -0.39 is 5.97 Å². The largest absolute Gasteiger partial charge is 0.422 e. The van der Waals surface area contributed by atoms with Gasteiger partial charge >= 0.3 is 5.97 Å². The van der Waals surface area contributed by atoms with E-state index in [0.717, 1.165) is 25.9 Å². The zero-order valence-electron chi connectivity index (χ0n) is 16.0. The van der Waals surface area contributed by atoms with Crippen molar-refractivity contribution in [3.05, 3.63) is 58.5 Å². The van der Waals surface area contributed by atoms with E-state index in [0.29, 0.717) is 16.3 Å². The van der Waals surface area contributed by atoms with Crippen LogP contribution in [0.3, 0.4) is 0 Å². The van der Waals surface area contributed by atoms with Crippen molar-refractivity contribution < 1.29 is 19.1 Å². The van der Waals surface area contributed by atoms with Crippen LogP contribution in [0.5, 0.6) is 5.75 Å². The number of amides is 2. The van der Waals surface area contributed by atoms with Crippen molar-refractivity contribution >= 4 is 34.8 Å². The molecule has 4 rings (SSSR count). The van der Waals surface area contributed by atoms with E-state index in [4.69, 9.17) is 4.74 Å². The number of nitrogens with zero attached hydrogens (tertiary/aromatic N) is 4. The molecule has 30 heavy (non-hydrogen) atoms. The van der Waals surface area contributed by atoms with Gasteiger partial charge in [0.1, 0.15) is 12.3 Å².